The smallest absolute Gasteiger partial charge is 0.337 e. The van der Waals surface area contributed by atoms with Gasteiger partial charge in [0.2, 0.25) is 0 Å². The number of nitrogens with zero attached hydrogens (tertiary/aromatic N) is 1. The van der Waals surface area contributed by atoms with Crippen LogP contribution in [-0.4, -0.2) is 34.0 Å². The molecule has 3 rings (SSSR count). The zero-order valence-corrected chi connectivity index (χ0v) is 15.7. The number of anilines is 1. The molecule has 0 radical (unpaired) electrons. The summed E-state index contributed by atoms with van der Waals surface area (Å²) in [6, 6.07) is 7.56. The van der Waals surface area contributed by atoms with E-state index in [2.05, 4.69) is 5.32 Å². The molecule has 0 atom stereocenters. The van der Waals surface area contributed by atoms with E-state index in [1.807, 2.05) is 0 Å². The van der Waals surface area contributed by atoms with Crippen LogP contribution in [0.5, 0.6) is 0 Å². The van der Waals surface area contributed by atoms with E-state index >= 15 is 0 Å². The summed E-state index contributed by atoms with van der Waals surface area (Å²) in [6.45, 7) is 0. The van der Waals surface area contributed by atoms with Gasteiger partial charge in [-0.25, -0.2) is 13.6 Å². The lowest BCUT2D eigenvalue weighted by Gasteiger charge is -2.19. The number of carboxylic acid groups (broad SMARTS) is 1. The number of carboxylic acids is 1. The van der Waals surface area contributed by atoms with Gasteiger partial charge in [-0.15, -0.1) is 11.8 Å². The quantitative estimate of drug-likeness (QED) is 0.522. The van der Waals surface area contributed by atoms with Gasteiger partial charge in [-0.3, -0.25) is 9.59 Å². The highest BCUT2D eigenvalue weighted by atomic mass is 32.2. The van der Waals surface area contributed by atoms with E-state index in [4.69, 9.17) is 0 Å². The van der Waals surface area contributed by atoms with Crippen LogP contribution in [0.4, 0.5) is 23.4 Å². The number of carbonyl (C=O) groups excluding carboxylic acids is 2. The summed E-state index contributed by atoms with van der Waals surface area (Å²) < 4.78 is 51.7. The summed E-state index contributed by atoms with van der Waals surface area (Å²) in [5, 5.41) is 9.86. The summed E-state index contributed by atoms with van der Waals surface area (Å²) in [5.74, 6) is -3.71. The van der Waals surface area contributed by atoms with Crippen molar-refractivity contribution in [1.82, 2.24) is 5.34 Å². The highest BCUT2D eigenvalue weighted by Gasteiger charge is 2.27. The fourth-order valence-electron chi connectivity index (χ4n) is 2.80. The fourth-order valence-corrected chi connectivity index (χ4v) is 3.82. The Labute approximate surface area is 171 Å². The number of rotatable bonds is 5. The van der Waals surface area contributed by atoms with Gasteiger partial charge in [-0.2, -0.15) is 0 Å². The molecule has 156 valence electrons. The number of nitrogens with one attached hydrogen (secondary N) is 1. The number of halogens is 4. The molecule has 0 fully saturated rings. The molecule has 1 aliphatic rings. The van der Waals surface area contributed by atoms with Crippen LogP contribution < -0.4 is 5.32 Å². The van der Waals surface area contributed by atoms with Gasteiger partial charge >= 0.3 is 11.9 Å². The maximum atomic E-state index is 13.2. The Morgan fingerprint density at radius 1 is 1.10 bits per heavy atom. The van der Waals surface area contributed by atoms with Crippen molar-refractivity contribution in [3.05, 3.63) is 64.2 Å². The van der Waals surface area contributed by atoms with Gasteiger partial charge in [0.25, 0.3) is 12.3 Å². The second-order valence-electron chi connectivity index (χ2n) is 6.08. The number of benzene rings is 2. The SMILES string of the molecule is O=C(Nc1ccccc1C(=O)O)C1=Cc2cc(C(=O)N(F)F)c(C(F)F)cc2SC1. The van der Waals surface area contributed by atoms with Gasteiger partial charge in [-0.1, -0.05) is 21.1 Å². The predicted octanol–water partition coefficient (Wildman–Crippen LogP) is 4.66. The van der Waals surface area contributed by atoms with Gasteiger partial charge in [0.15, 0.2) is 0 Å². The molecule has 2 N–H and O–H groups in total. The minimum atomic E-state index is -3.14. The summed E-state index contributed by atoms with van der Waals surface area (Å²) in [7, 11) is 0. The molecular formula is C19H12F4N2O4S. The number of carbonyl (C=O) groups is 3. The Kier molecular flexibility index (Phi) is 6.11. The number of thioether (sulfide) groups is 1. The number of fused-ring (bicyclic) bond motifs is 1. The van der Waals surface area contributed by atoms with Crippen LogP contribution in [0.1, 0.15) is 38.3 Å². The lowest BCUT2D eigenvalue weighted by Crippen LogP contribution is -2.20. The molecule has 0 saturated carbocycles. The second-order valence-corrected chi connectivity index (χ2v) is 7.10. The Morgan fingerprint density at radius 3 is 2.43 bits per heavy atom. The molecule has 1 heterocycles. The van der Waals surface area contributed by atoms with Crippen molar-refractivity contribution in [1.29, 1.82) is 0 Å². The number of aromatic carboxylic acids is 1. The number of hydrogen-bond donors (Lipinski definition) is 2. The van der Waals surface area contributed by atoms with Gasteiger partial charge < -0.3 is 10.4 Å². The molecule has 2 aromatic carbocycles. The molecule has 1 aliphatic heterocycles. The van der Waals surface area contributed by atoms with Crippen LogP contribution >= 0.6 is 11.8 Å². The summed E-state index contributed by atoms with van der Waals surface area (Å²) in [6.07, 6.45) is -1.85. The molecule has 6 nitrogen and oxygen atoms in total. The van der Waals surface area contributed by atoms with Gasteiger partial charge in [0.1, 0.15) is 0 Å². The first kappa shape index (κ1) is 21.4. The summed E-state index contributed by atoms with van der Waals surface area (Å²) >= 11 is 1.02. The molecule has 30 heavy (non-hydrogen) atoms. The minimum Gasteiger partial charge on any atom is -0.478 e. The van der Waals surface area contributed by atoms with Crippen LogP contribution in [0.3, 0.4) is 0 Å². The molecule has 0 unspecified atom stereocenters. The maximum Gasteiger partial charge on any atom is 0.337 e. The second kappa shape index (κ2) is 8.57. The van der Waals surface area contributed by atoms with Crippen LogP contribution in [0, 0.1) is 0 Å². The van der Waals surface area contributed by atoms with Crippen LogP contribution in [0.2, 0.25) is 0 Å². The first-order valence-electron chi connectivity index (χ1n) is 8.28. The topological polar surface area (TPSA) is 86.7 Å². The van der Waals surface area contributed by atoms with E-state index in [1.165, 1.54) is 30.3 Å². The van der Waals surface area contributed by atoms with Crippen molar-refractivity contribution in [2.24, 2.45) is 0 Å². The molecule has 2 amide bonds. The highest BCUT2D eigenvalue weighted by molar-refractivity contribution is 7.99. The Bertz CT molecular complexity index is 1070. The highest BCUT2D eigenvalue weighted by Crippen LogP contribution is 2.37. The third-order valence-electron chi connectivity index (χ3n) is 4.21. The lowest BCUT2D eigenvalue weighted by molar-refractivity contribution is -0.112. The van der Waals surface area contributed by atoms with Crippen molar-refractivity contribution < 1.29 is 37.2 Å². The minimum absolute atomic E-state index is 0.0566. The zero-order valence-electron chi connectivity index (χ0n) is 14.9. The van der Waals surface area contributed by atoms with Crippen LogP contribution in [-0.2, 0) is 4.79 Å². The third-order valence-corrected chi connectivity index (χ3v) is 5.33. The van der Waals surface area contributed by atoms with Crippen molar-refractivity contribution in [3.8, 4) is 0 Å². The van der Waals surface area contributed by atoms with Crippen LogP contribution in [0.25, 0.3) is 6.08 Å². The van der Waals surface area contributed by atoms with Crippen molar-refractivity contribution >= 4 is 41.3 Å². The Balaban J connectivity index is 1.96. The first-order chi connectivity index (χ1) is 14.2. The maximum absolute atomic E-state index is 13.2. The van der Waals surface area contributed by atoms with E-state index in [0.717, 1.165) is 23.9 Å². The van der Waals surface area contributed by atoms with Crippen molar-refractivity contribution in [3.63, 3.8) is 0 Å². The van der Waals surface area contributed by atoms with Gasteiger partial charge in [0.05, 0.1) is 16.8 Å². The standard InChI is InChI=1S/C19H12F4N2O4S/c20-16(21)12-7-15-9(6-13(12)18(27)25(22)23)5-10(8-30-15)17(26)24-14-4-2-1-3-11(14)19(28)29/h1-7,16H,8H2,(H,24,26)(H,28,29). The molecule has 2 aromatic rings. The Morgan fingerprint density at radius 2 is 1.80 bits per heavy atom. The number of alkyl halides is 2. The molecule has 0 bridgehead atoms. The molecule has 0 saturated heterocycles. The summed E-state index contributed by atoms with van der Waals surface area (Å²) in [4.78, 5) is 35.7. The first-order valence-corrected chi connectivity index (χ1v) is 9.26. The van der Waals surface area contributed by atoms with E-state index in [0.29, 0.717) is 4.90 Å². The third kappa shape index (κ3) is 4.30. The molecule has 0 aliphatic carbocycles. The lowest BCUT2D eigenvalue weighted by atomic mass is 10.0. The Hall–Kier alpha value is -3.34. The number of amides is 2. The van der Waals surface area contributed by atoms with Crippen molar-refractivity contribution in [2.45, 2.75) is 11.3 Å². The van der Waals surface area contributed by atoms with Crippen LogP contribution in [0.15, 0.2) is 46.9 Å². The average Bonchev–Trinajstić information content (AvgIpc) is 2.71. The normalized spacial score (nSPS) is 12.8. The zero-order chi connectivity index (χ0) is 22.0. The van der Waals surface area contributed by atoms with Gasteiger partial charge in [-0.05, 0) is 35.9 Å². The van der Waals surface area contributed by atoms with Crippen molar-refractivity contribution in [2.75, 3.05) is 11.1 Å². The largest absolute Gasteiger partial charge is 0.478 e. The number of para-hydroxylation sites is 1. The fraction of sp³-hybridized carbons (Fsp3) is 0.105. The van der Waals surface area contributed by atoms with E-state index in [-0.39, 0.29) is 28.1 Å². The van der Waals surface area contributed by atoms with Gasteiger partial charge in [0, 0.05) is 27.1 Å². The predicted molar refractivity (Wildman–Crippen MR) is 101 cm³/mol. The van der Waals surface area contributed by atoms with E-state index in [9.17, 15) is 37.2 Å². The average molecular weight is 440 g/mol. The monoisotopic (exact) mass is 440 g/mol. The number of hydrogen-bond acceptors (Lipinski definition) is 4. The molecular weight excluding hydrogens is 428 g/mol. The molecule has 11 heteroatoms. The van der Waals surface area contributed by atoms with E-state index < -0.39 is 40.7 Å². The molecule has 0 aromatic heterocycles. The van der Waals surface area contributed by atoms with E-state index in [1.54, 1.807) is 0 Å². The summed E-state index contributed by atoms with van der Waals surface area (Å²) in [5.41, 5.74) is -1.48. The molecule has 0 spiro atoms.